The van der Waals surface area contributed by atoms with Gasteiger partial charge in [0.05, 0.1) is 12.1 Å². The minimum Gasteiger partial charge on any atom is -0.466 e. The van der Waals surface area contributed by atoms with Crippen molar-refractivity contribution in [3.63, 3.8) is 0 Å². The van der Waals surface area contributed by atoms with E-state index in [1.807, 2.05) is 12.1 Å². The summed E-state index contributed by atoms with van der Waals surface area (Å²) in [7, 11) is 2.13. The second kappa shape index (κ2) is 6.31. The number of ether oxygens (including phenoxy) is 1. The molecule has 1 saturated heterocycles. The maximum atomic E-state index is 11.5. The third kappa shape index (κ3) is 3.19. The number of pyridine rings is 1. The van der Waals surface area contributed by atoms with Gasteiger partial charge in [-0.05, 0) is 26.1 Å². The van der Waals surface area contributed by atoms with E-state index in [1.54, 1.807) is 6.92 Å². The molecule has 1 aliphatic rings. The summed E-state index contributed by atoms with van der Waals surface area (Å²) in [6.45, 7) is 6.18. The van der Waals surface area contributed by atoms with Crippen molar-refractivity contribution < 1.29 is 9.53 Å². The first kappa shape index (κ1) is 14.8. The van der Waals surface area contributed by atoms with Crippen molar-refractivity contribution in [1.82, 2.24) is 19.9 Å². The number of aromatic amines is 1. The average Bonchev–Trinajstić information content (AvgIpc) is 2.89. The SMILES string of the molecule is CCOC(=O)Cc1nc2nc(N3CCN(C)CC3)ccc2[nH]1. The molecular formula is C15H21N5O2. The molecule has 0 saturated carbocycles. The standard InChI is InChI=1S/C15H21N5O2/c1-3-22-14(21)10-12-16-11-4-5-13(18-15(11)17-12)20-8-6-19(2)7-9-20/h4-5H,3,6-10H2,1-2H3,(H,16,17,18). The highest BCUT2D eigenvalue weighted by Gasteiger charge is 2.16. The Morgan fingerprint density at radius 1 is 1.27 bits per heavy atom. The number of carbonyl (C=O) groups excluding carboxylic acids is 1. The molecule has 0 amide bonds. The molecule has 1 fully saturated rings. The molecule has 0 aromatic carbocycles. The van der Waals surface area contributed by atoms with Crippen LogP contribution in [0.15, 0.2) is 12.1 Å². The molecule has 7 nitrogen and oxygen atoms in total. The van der Waals surface area contributed by atoms with Gasteiger partial charge in [-0.3, -0.25) is 4.79 Å². The number of anilines is 1. The van der Waals surface area contributed by atoms with Gasteiger partial charge in [-0.25, -0.2) is 9.97 Å². The second-order valence-corrected chi connectivity index (χ2v) is 5.50. The summed E-state index contributed by atoms with van der Waals surface area (Å²) in [6, 6.07) is 3.97. The van der Waals surface area contributed by atoms with Crippen molar-refractivity contribution in [2.45, 2.75) is 13.3 Å². The molecule has 7 heteroatoms. The number of likely N-dealkylation sites (N-methyl/N-ethyl adjacent to an activating group) is 1. The van der Waals surface area contributed by atoms with Crippen LogP contribution in [0.2, 0.25) is 0 Å². The van der Waals surface area contributed by atoms with Crippen LogP contribution in [0.5, 0.6) is 0 Å². The Balaban J connectivity index is 1.76. The molecule has 0 bridgehead atoms. The molecule has 0 radical (unpaired) electrons. The Labute approximate surface area is 129 Å². The van der Waals surface area contributed by atoms with Gasteiger partial charge in [0.2, 0.25) is 0 Å². The van der Waals surface area contributed by atoms with Gasteiger partial charge in [0.1, 0.15) is 18.1 Å². The fourth-order valence-corrected chi connectivity index (χ4v) is 2.58. The van der Waals surface area contributed by atoms with Crippen molar-refractivity contribution in [1.29, 1.82) is 0 Å². The fourth-order valence-electron chi connectivity index (χ4n) is 2.58. The fraction of sp³-hybridized carbons (Fsp3) is 0.533. The largest absolute Gasteiger partial charge is 0.466 e. The quantitative estimate of drug-likeness (QED) is 0.843. The number of nitrogens with one attached hydrogen (secondary N) is 1. The van der Waals surface area contributed by atoms with Gasteiger partial charge in [-0.1, -0.05) is 0 Å². The predicted molar refractivity (Wildman–Crippen MR) is 83.9 cm³/mol. The number of hydrogen-bond donors (Lipinski definition) is 1. The van der Waals surface area contributed by atoms with Crippen molar-refractivity contribution in [2.24, 2.45) is 0 Å². The summed E-state index contributed by atoms with van der Waals surface area (Å²) in [6.07, 6.45) is 0.147. The average molecular weight is 303 g/mol. The highest BCUT2D eigenvalue weighted by atomic mass is 16.5. The Morgan fingerprint density at radius 2 is 2.05 bits per heavy atom. The number of imidazole rings is 1. The Bertz CT molecular complexity index is 661. The third-order valence-corrected chi connectivity index (χ3v) is 3.82. The first-order valence-electron chi connectivity index (χ1n) is 7.60. The van der Waals surface area contributed by atoms with Gasteiger partial charge in [-0.2, -0.15) is 0 Å². The second-order valence-electron chi connectivity index (χ2n) is 5.50. The molecule has 2 aromatic rings. The Kier molecular flexibility index (Phi) is 4.24. The molecule has 1 N–H and O–H groups in total. The number of esters is 1. The number of rotatable bonds is 4. The maximum Gasteiger partial charge on any atom is 0.313 e. The maximum absolute atomic E-state index is 11.5. The lowest BCUT2D eigenvalue weighted by Crippen LogP contribution is -2.44. The van der Waals surface area contributed by atoms with E-state index in [1.165, 1.54) is 0 Å². The van der Waals surface area contributed by atoms with Crippen LogP contribution >= 0.6 is 0 Å². The molecule has 0 spiro atoms. The molecule has 2 aromatic heterocycles. The monoisotopic (exact) mass is 303 g/mol. The van der Waals surface area contributed by atoms with Crippen LogP contribution in [0.1, 0.15) is 12.7 Å². The highest BCUT2D eigenvalue weighted by molar-refractivity contribution is 5.76. The van der Waals surface area contributed by atoms with E-state index >= 15 is 0 Å². The molecule has 3 heterocycles. The van der Waals surface area contributed by atoms with Crippen molar-refractivity contribution in [3.8, 4) is 0 Å². The highest BCUT2D eigenvalue weighted by Crippen LogP contribution is 2.18. The van der Waals surface area contributed by atoms with Crippen LogP contribution in [0, 0.1) is 0 Å². The van der Waals surface area contributed by atoms with Crippen LogP contribution in [-0.2, 0) is 16.0 Å². The number of fused-ring (bicyclic) bond motifs is 1. The molecule has 0 atom stereocenters. The summed E-state index contributed by atoms with van der Waals surface area (Å²) in [5.74, 6) is 1.26. The molecule has 1 aliphatic heterocycles. The van der Waals surface area contributed by atoms with Crippen molar-refractivity contribution in [2.75, 3.05) is 44.7 Å². The summed E-state index contributed by atoms with van der Waals surface area (Å²) in [4.78, 5) is 28.2. The van der Waals surface area contributed by atoms with Crippen LogP contribution in [0.4, 0.5) is 5.82 Å². The van der Waals surface area contributed by atoms with Crippen molar-refractivity contribution >= 4 is 23.0 Å². The summed E-state index contributed by atoms with van der Waals surface area (Å²) in [5, 5.41) is 0. The van der Waals surface area contributed by atoms with Crippen LogP contribution in [0.25, 0.3) is 11.2 Å². The molecule has 0 unspecified atom stereocenters. The van der Waals surface area contributed by atoms with Crippen LogP contribution < -0.4 is 4.90 Å². The lowest BCUT2D eigenvalue weighted by Gasteiger charge is -2.33. The zero-order valence-electron chi connectivity index (χ0n) is 13.0. The first-order chi connectivity index (χ1) is 10.7. The van der Waals surface area contributed by atoms with Crippen LogP contribution in [-0.4, -0.2) is 65.7 Å². The molecule has 0 aliphatic carbocycles. The van der Waals surface area contributed by atoms with E-state index in [2.05, 4.69) is 31.8 Å². The molecule has 118 valence electrons. The summed E-state index contributed by atoms with van der Waals surface area (Å²) < 4.78 is 4.94. The van der Waals surface area contributed by atoms with E-state index in [0.717, 1.165) is 37.5 Å². The minimum absolute atomic E-state index is 0.147. The summed E-state index contributed by atoms with van der Waals surface area (Å²) in [5.41, 5.74) is 1.49. The van der Waals surface area contributed by atoms with Gasteiger partial charge in [0, 0.05) is 26.2 Å². The number of aromatic nitrogens is 3. The third-order valence-electron chi connectivity index (χ3n) is 3.82. The zero-order chi connectivity index (χ0) is 15.5. The Morgan fingerprint density at radius 3 is 2.77 bits per heavy atom. The number of carbonyl (C=O) groups is 1. The lowest BCUT2D eigenvalue weighted by atomic mass is 10.3. The van der Waals surface area contributed by atoms with E-state index in [-0.39, 0.29) is 12.4 Å². The minimum atomic E-state index is -0.277. The van der Waals surface area contributed by atoms with Gasteiger partial charge in [0.15, 0.2) is 5.65 Å². The number of H-pyrrole nitrogens is 1. The predicted octanol–water partition coefficient (Wildman–Crippen LogP) is 0.815. The lowest BCUT2D eigenvalue weighted by molar-refractivity contribution is -0.142. The molecule has 22 heavy (non-hydrogen) atoms. The molecular weight excluding hydrogens is 282 g/mol. The van der Waals surface area contributed by atoms with Crippen molar-refractivity contribution in [3.05, 3.63) is 18.0 Å². The smallest absolute Gasteiger partial charge is 0.313 e. The number of hydrogen-bond acceptors (Lipinski definition) is 6. The van der Waals surface area contributed by atoms with E-state index in [0.29, 0.717) is 18.1 Å². The van der Waals surface area contributed by atoms with Gasteiger partial charge in [-0.15, -0.1) is 0 Å². The topological polar surface area (TPSA) is 74.3 Å². The van der Waals surface area contributed by atoms with Gasteiger partial charge in [0.25, 0.3) is 0 Å². The van der Waals surface area contributed by atoms with E-state index in [4.69, 9.17) is 4.74 Å². The number of piperazine rings is 1. The number of nitrogens with zero attached hydrogens (tertiary/aromatic N) is 4. The van der Waals surface area contributed by atoms with Gasteiger partial charge >= 0.3 is 5.97 Å². The van der Waals surface area contributed by atoms with Crippen LogP contribution in [0.3, 0.4) is 0 Å². The van der Waals surface area contributed by atoms with Gasteiger partial charge < -0.3 is 19.5 Å². The molecule has 3 rings (SSSR count). The van der Waals surface area contributed by atoms with E-state index in [9.17, 15) is 4.79 Å². The van der Waals surface area contributed by atoms with E-state index < -0.39 is 0 Å². The normalized spacial score (nSPS) is 16.2. The zero-order valence-corrected chi connectivity index (χ0v) is 13.0. The Hall–Kier alpha value is -2.15. The first-order valence-corrected chi connectivity index (χ1v) is 7.60. The summed E-state index contributed by atoms with van der Waals surface area (Å²) >= 11 is 0.